The molecule has 0 aliphatic carbocycles. The highest BCUT2D eigenvalue weighted by Gasteiger charge is 2.32. The largest absolute Gasteiger partial charge is 0.472 e. The molecule has 0 bridgehead atoms. The Bertz CT molecular complexity index is 619. The number of hydrogen-bond donors (Lipinski definition) is 1. The number of likely N-dealkylation sites (tertiary alicyclic amines) is 1. The molecule has 0 saturated carbocycles. The highest BCUT2D eigenvalue weighted by Crippen LogP contribution is 2.20. The van der Waals surface area contributed by atoms with Crippen molar-refractivity contribution in [2.45, 2.75) is 31.8 Å². The predicted molar refractivity (Wildman–Crippen MR) is 77.9 cm³/mol. The molecular formula is C16H18N2O4. The summed E-state index contributed by atoms with van der Waals surface area (Å²) in [7, 11) is 0. The molecule has 0 aromatic carbocycles. The van der Waals surface area contributed by atoms with E-state index in [0.29, 0.717) is 30.8 Å². The molecule has 116 valence electrons. The van der Waals surface area contributed by atoms with Gasteiger partial charge >= 0.3 is 0 Å². The zero-order valence-electron chi connectivity index (χ0n) is 12.2. The zero-order chi connectivity index (χ0) is 15.4. The minimum atomic E-state index is -0.439. The van der Waals surface area contributed by atoms with Crippen molar-refractivity contribution in [1.82, 2.24) is 10.2 Å². The van der Waals surface area contributed by atoms with E-state index >= 15 is 0 Å². The predicted octanol–water partition coefficient (Wildman–Crippen LogP) is 2.18. The van der Waals surface area contributed by atoms with Gasteiger partial charge in [-0.3, -0.25) is 9.59 Å². The van der Waals surface area contributed by atoms with Crippen LogP contribution in [0.3, 0.4) is 0 Å². The van der Waals surface area contributed by atoms with Gasteiger partial charge in [0.15, 0.2) is 0 Å². The van der Waals surface area contributed by atoms with E-state index in [1.54, 1.807) is 29.4 Å². The van der Waals surface area contributed by atoms with E-state index in [1.165, 1.54) is 12.5 Å². The van der Waals surface area contributed by atoms with Crippen molar-refractivity contribution >= 4 is 11.8 Å². The second-order valence-corrected chi connectivity index (χ2v) is 5.32. The van der Waals surface area contributed by atoms with E-state index in [1.807, 2.05) is 0 Å². The van der Waals surface area contributed by atoms with Gasteiger partial charge in [-0.25, -0.2) is 0 Å². The number of piperidine rings is 1. The van der Waals surface area contributed by atoms with Crippen LogP contribution in [-0.2, 0) is 11.3 Å². The summed E-state index contributed by atoms with van der Waals surface area (Å²) in [5, 5.41) is 2.83. The summed E-state index contributed by atoms with van der Waals surface area (Å²) in [4.78, 5) is 26.5. The molecule has 2 aromatic heterocycles. The monoisotopic (exact) mass is 302 g/mol. The number of furan rings is 2. The minimum absolute atomic E-state index is 0.145. The lowest BCUT2D eigenvalue weighted by atomic mass is 10.0. The second-order valence-electron chi connectivity index (χ2n) is 5.32. The third kappa shape index (κ3) is 3.05. The molecule has 2 amide bonds. The maximum absolute atomic E-state index is 12.5. The Morgan fingerprint density at radius 2 is 2.18 bits per heavy atom. The van der Waals surface area contributed by atoms with E-state index in [4.69, 9.17) is 8.83 Å². The SMILES string of the molecule is O=C(NCc1ccco1)[C@H]1CCCCN1C(=O)c1ccoc1. The molecule has 1 saturated heterocycles. The van der Waals surface area contributed by atoms with Gasteiger partial charge < -0.3 is 19.1 Å². The summed E-state index contributed by atoms with van der Waals surface area (Å²) in [6.07, 6.45) is 6.96. The van der Waals surface area contributed by atoms with Gasteiger partial charge in [0.25, 0.3) is 5.91 Å². The highest BCUT2D eigenvalue weighted by atomic mass is 16.3. The van der Waals surface area contributed by atoms with Crippen molar-refractivity contribution in [3.05, 3.63) is 48.3 Å². The van der Waals surface area contributed by atoms with Crippen molar-refractivity contribution in [2.75, 3.05) is 6.54 Å². The molecule has 3 rings (SSSR count). The third-order valence-corrected chi connectivity index (χ3v) is 3.85. The average molecular weight is 302 g/mol. The second kappa shape index (κ2) is 6.51. The maximum atomic E-state index is 12.5. The number of rotatable bonds is 4. The molecule has 0 radical (unpaired) electrons. The third-order valence-electron chi connectivity index (χ3n) is 3.85. The van der Waals surface area contributed by atoms with Crippen LogP contribution in [0.4, 0.5) is 0 Å². The summed E-state index contributed by atoms with van der Waals surface area (Å²) in [6.45, 7) is 0.916. The molecule has 1 aliphatic rings. The van der Waals surface area contributed by atoms with Crippen molar-refractivity contribution in [2.24, 2.45) is 0 Å². The number of carbonyl (C=O) groups excluding carboxylic acids is 2. The molecule has 0 unspecified atom stereocenters. The first-order valence-electron chi connectivity index (χ1n) is 7.39. The Morgan fingerprint density at radius 1 is 1.27 bits per heavy atom. The fourth-order valence-corrected chi connectivity index (χ4v) is 2.70. The smallest absolute Gasteiger partial charge is 0.257 e. The topological polar surface area (TPSA) is 75.7 Å². The molecule has 2 aromatic rings. The minimum Gasteiger partial charge on any atom is -0.472 e. The Morgan fingerprint density at radius 3 is 2.91 bits per heavy atom. The standard InChI is InChI=1S/C16H18N2O4/c19-15(17-10-13-4-3-8-22-13)14-5-1-2-7-18(14)16(20)12-6-9-21-11-12/h3-4,6,8-9,11,14H,1-2,5,7,10H2,(H,17,19)/t14-/m1/s1. The van der Waals surface area contributed by atoms with Gasteiger partial charge in [0.2, 0.25) is 5.91 Å². The first kappa shape index (κ1) is 14.4. The summed E-state index contributed by atoms with van der Waals surface area (Å²) in [5.41, 5.74) is 0.478. The van der Waals surface area contributed by atoms with Gasteiger partial charge in [-0.05, 0) is 37.5 Å². The van der Waals surface area contributed by atoms with Gasteiger partial charge in [-0.1, -0.05) is 0 Å². The number of nitrogens with zero attached hydrogens (tertiary/aromatic N) is 1. The van der Waals surface area contributed by atoms with Crippen LogP contribution in [0.25, 0.3) is 0 Å². The lowest BCUT2D eigenvalue weighted by Crippen LogP contribution is -2.51. The first-order valence-corrected chi connectivity index (χ1v) is 7.39. The number of nitrogens with one attached hydrogen (secondary N) is 1. The Balaban J connectivity index is 1.66. The lowest BCUT2D eigenvalue weighted by molar-refractivity contribution is -0.126. The average Bonchev–Trinajstić information content (AvgIpc) is 3.25. The van der Waals surface area contributed by atoms with E-state index in [2.05, 4.69) is 5.32 Å². The molecule has 1 fully saturated rings. The van der Waals surface area contributed by atoms with E-state index in [-0.39, 0.29) is 11.8 Å². The Kier molecular flexibility index (Phi) is 4.27. The number of hydrogen-bond acceptors (Lipinski definition) is 4. The van der Waals surface area contributed by atoms with Crippen LogP contribution in [0.2, 0.25) is 0 Å². The van der Waals surface area contributed by atoms with Crippen molar-refractivity contribution in [3.8, 4) is 0 Å². The van der Waals surface area contributed by atoms with Crippen molar-refractivity contribution < 1.29 is 18.4 Å². The summed E-state index contributed by atoms with van der Waals surface area (Å²) >= 11 is 0. The molecule has 1 aliphatic heterocycles. The molecule has 22 heavy (non-hydrogen) atoms. The fraction of sp³-hybridized carbons (Fsp3) is 0.375. The van der Waals surface area contributed by atoms with Crippen molar-refractivity contribution in [3.63, 3.8) is 0 Å². The molecule has 6 nitrogen and oxygen atoms in total. The lowest BCUT2D eigenvalue weighted by Gasteiger charge is -2.34. The first-order chi connectivity index (χ1) is 10.8. The normalized spacial score (nSPS) is 18.2. The van der Waals surface area contributed by atoms with Crippen LogP contribution in [0.1, 0.15) is 35.4 Å². The van der Waals surface area contributed by atoms with E-state index in [9.17, 15) is 9.59 Å². The van der Waals surface area contributed by atoms with E-state index < -0.39 is 6.04 Å². The van der Waals surface area contributed by atoms with Crippen molar-refractivity contribution in [1.29, 1.82) is 0 Å². The molecule has 3 heterocycles. The molecule has 6 heteroatoms. The summed E-state index contributed by atoms with van der Waals surface area (Å²) in [6, 6.07) is 4.76. The van der Waals surface area contributed by atoms with Gasteiger partial charge in [0.1, 0.15) is 18.1 Å². The van der Waals surface area contributed by atoms with Gasteiger partial charge in [-0.2, -0.15) is 0 Å². The fourth-order valence-electron chi connectivity index (χ4n) is 2.70. The number of amides is 2. The van der Waals surface area contributed by atoms with Crippen LogP contribution in [0, 0.1) is 0 Å². The van der Waals surface area contributed by atoms with Crippen LogP contribution in [0.15, 0.2) is 45.8 Å². The van der Waals surface area contributed by atoms with Gasteiger partial charge in [0.05, 0.1) is 24.6 Å². The molecular weight excluding hydrogens is 284 g/mol. The van der Waals surface area contributed by atoms with Gasteiger partial charge in [0, 0.05) is 6.54 Å². The Hall–Kier alpha value is -2.50. The highest BCUT2D eigenvalue weighted by molar-refractivity contribution is 5.97. The number of carbonyl (C=O) groups is 2. The van der Waals surface area contributed by atoms with Crippen LogP contribution in [-0.4, -0.2) is 29.3 Å². The van der Waals surface area contributed by atoms with Crippen LogP contribution < -0.4 is 5.32 Å². The van der Waals surface area contributed by atoms with Crippen LogP contribution >= 0.6 is 0 Å². The Labute approximate surface area is 128 Å². The van der Waals surface area contributed by atoms with E-state index in [0.717, 1.165) is 12.8 Å². The molecule has 1 atom stereocenters. The van der Waals surface area contributed by atoms with Crippen LogP contribution in [0.5, 0.6) is 0 Å². The molecule has 0 spiro atoms. The molecule has 1 N–H and O–H groups in total. The summed E-state index contributed by atoms with van der Waals surface area (Å²) < 4.78 is 10.2. The van der Waals surface area contributed by atoms with Gasteiger partial charge in [-0.15, -0.1) is 0 Å². The maximum Gasteiger partial charge on any atom is 0.257 e. The zero-order valence-corrected chi connectivity index (χ0v) is 12.2. The quantitative estimate of drug-likeness (QED) is 0.939. The summed E-state index contributed by atoms with van der Waals surface area (Å²) in [5.74, 6) is 0.386.